The van der Waals surface area contributed by atoms with Crippen LogP contribution in [0.5, 0.6) is 17.2 Å². The first-order valence-corrected chi connectivity index (χ1v) is 14.4. The fourth-order valence-electron chi connectivity index (χ4n) is 4.65. The van der Waals surface area contributed by atoms with E-state index < -0.39 is 10.0 Å². The fraction of sp³-hybridized carbons (Fsp3) is 0.345. The van der Waals surface area contributed by atoms with Gasteiger partial charge in [-0.3, -0.25) is 14.4 Å². The molecule has 3 aromatic carbocycles. The van der Waals surface area contributed by atoms with Gasteiger partial charge < -0.3 is 19.1 Å². The van der Waals surface area contributed by atoms with Crippen LogP contribution in [0.3, 0.4) is 0 Å². The molecular formula is C29H33N3O6S. The maximum atomic E-state index is 12.9. The minimum atomic E-state index is -3.76. The Morgan fingerprint density at radius 3 is 2.38 bits per heavy atom. The smallest absolute Gasteiger partial charge is 0.261 e. The molecule has 206 valence electrons. The summed E-state index contributed by atoms with van der Waals surface area (Å²) >= 11 is 0. The molecule has 0 saturated carbocycles. The van der Waals surface area contributed by atoms with Crippen LogP contribution in [0.25, 0.3) is 0 Å². The van der Waals surface area contributed by atoms with E-state index in [1.807, 2.05) is 38.1 Å². The second-order valence-corrected chi connectivity index (χ2v) is 11.6. The summed E-state index contributed by atoms with van der Waals surface area (Å²) in [4.78, 5) is 17.0. The summed E-state index contributed by atoms with van der Waals surface area (Å²) in [5.74, 6) is 1.94. The van der Waals surface area contributed by atoms with Gasteiger partial charge in [0.2, 0.25) is 6.79 Å². The van der Waals surface area contributed by atoms with E-state index in [4.69, 9.17) is 14.2 Å². The Kier molecular flexibility index (Phi) is 7.67. The lowest BCUT2D eigenvalue weighted by Crippen LogP contribution is -2.49. The Morgan fingerprint density at radius 2 is 1.64 bits per heavy atom. The zero-order valence-electron chi connectivity index (χ0n) is 22.4. The number of nitrogens with zero attached hydrogens (tertiary/aromatic N) is 2. The number of hydrogen-bond donors (Lipinski definition) is 1. The SMILES string of the molecule is Cc1ccc(NS(=O)(=O)c2ccc(OCC(=O)N3CCN(Cc4ccc5c(c4)OCO5)CC3)c(C)c2)cc1C. The molecule has 0 bridgehead atoms. The molecule has 1 fully saturated rings. The lowest BCUT2D eigenvalue weighted by Gasteiger charge is -2.34. The normalized spacial score (nSPS) is 15.3. The van der Waals surface area contributed by atoms with Crippen LogP contribution < -0.4 is 18.9 Å². The van der Waals surface area contributed by atoms with Crippen molar-refractivity contribution in [3.05, 3.63) is 76.9 Å². The zero-order chi connectivity index (χ0) is 27.6. The lowest BCUT2D eigenvalue weighted by atomic mass is 10.1. The molecule has 0 unspecified atom stereocenters. The number of piperazine rings is 1. The molecule has 10 heteroatoms. The van der Waals surface area contributed by atoms with Crippen molar-refractivity contribution in [2.45, 2.75) is 32.2 Å². The van der Waals surface area contributed by atoms with Gasteiger partial charge in [-0.2, -0.15) is 0 Å². The van der Waals surface area contributed by atoms with E-state index in [0.717, 1.165) is 47.8 Å². The Labute approximate surface area is 229 Å². The number of hydrogen-bond acceptors (Lipinski definition) is 7. The minimum Gasteiger partial charge on any atom is -0.483 e. The third-order valence-electron chi connectivity index (χ3n) is 7.14. The molecule has 0 aromatic heterocycles. The second-order valence-electron chi connectivity index (χ2n) is 9.97. The summed E-state index contributed by atoms with van der Waals surface area (Å²) in [5, 5.41) is 0. The van der Waals surface area contributed by atoms with Crippen molar-refractivity contribution >= 4 is 21.6 Å². The number of ether oxygens (including phenoxy) is 3. The molecular weight excluding hydrogens is 518 g/mol. The summed E-state index contributed by atoms with van der Waals surface area (Å²) in [5.41, 5.74) is 4.39. The number of sulfonamides is 1. The van der Waals surface area contributed by atoms with Crippen LogP contribution in [0.2, 0.25) is 0 Å². The number of amides is 1. The summed E-state index contributed by atoms with van der Waals surface area (Å²) in [6.07, 6.45) is 0. The van der Waals surface area contributed by atoms with Gasteiger partial charge in [-0.15, -0.1) is 0 Å². The van der Waals surface area contributed by atoms with Crippen molar-refractivity contribution in [1.29, 1.82) is 0 Å². The van der Waals surface area contributed by atoms with Crippen LogP contribution in [-0.2, 0) is 21.4 Å². The number of aryl methyl sites for hydroxylation is 3. The molecule has 1 saturated heterocycles. The van der Waals surface area contributed by atoms with Gasteiger partial charge in [0.1, 0.15) is 5.75 Å². The predicted molar refractivity (Wildman–Crippen MR) is 148 cm³/mol. The molecule has 0 aliphatic carbocycles. The van der Waals surface area contributed by atoms with Crippen LogP contribution >= 0.6 is 0 Å². The van der Waals surface area contributed by atoms with Crippen LogP contribution in [0.4, 0.5) is 5.69 Å². The highest BCUT2D eigenvalue weighted by atomic mass is 32.2. The van der Waals surface area contributed by atoms with Gasteiger partial charge in [0, 0.05) is 38.4 Å². The van der Waals surface area contributed by atoms with Crippen molar-refractivity contribution < 1.29 is 27.4 Å². The molecule has 0 spiro atoms. The van der Waals surface area contributed by atoms with E-state index >= 15 is 0 Å². The summed E-state index contributed by atoms with van der Waals surface area (Å²) in [6.45, 7) is 9.38. The van der Waals surface area contributed by atoms with Crippen LogP contribution in [0, 0.1) is 20.8 Å². The molecule has 1 amide bonds. The molecule has 3 aromatic rings. The Bertz CT molecular complexity index is 1480. The Morgan fingerprint density at radius 1 is 0.872 bits per heavy atom. The first kappa shape index (κ1) is 26.8. The van der Waals surface area contributed by atoms with Crippen LogP contribution in [0.1, 0.15) is 22.3 Å². The zero-order valence-corrected chi connectivity index (χ0v) is 23.2. The lowest BCUT2D eigenvalue weighted by molar-refractivity contribution is -0.135. The maximum absolute atomic E-state index is 12.9. The quantitative estimate of drug-likeness (QED) is 0.454. The summed E-state index contributed by atoms with van der Waals surface area (Å²) < 4.78 is 45.0. The molecule has 1 N–H and O–H groups in total. The molecule has 2 aliphatic rings. The number of nitrogens with one attached hydrogen (secondary N) is 1. The highest BCUT2D eigenvalue weighted by Gasteiger charge is 2.23. The highest BCUT2D eigenvalue weighted by Crippen LogP contribution is 2.33. The standard InChI is InChI=1S/C29H33N3O6S/c1-20-4-6-24(14-21(20)2)30-39(34,35)25-7-9-26(22(3)15-25)36-18-29(33)32-12-10-31(11-13-32)17-23-5-8-27-28(16-23)38-19-37-27/h4-9,14-16,30H,10-13,17-19H2,1-3H3. The van der Waals surface area contributed by atoms with E-state index in [1.54, 1.807) is 36.1 Å². The summed E-state index contributed by atoms with van der Waals surface area (Å²) in [6, 6.07) is 16.0. The third-order valence-corrected chi connectivity index (χ3v) is 8.51. The topological polar surface area (TPSA) is 97.4 Å². The molecule has 0 atom stereocenters. The second kappa shape index (κ2) is 11.2. The van der Waals surface area contributed by atoms with E-state index in [9.17, 15) is 13.2 Å². The highest BCUT2D eigenvalue weighted by molar-refractivity contribution is 7.92. The van der Waals surface area contributed by atoms with Gasteiger partial charge in [0.15, 0.2) is 18.1 Å². The molecule has 2 aliphatic heterocycles. The fourth-order valence-corrected chi connectivity index (χ4v) is 5.79. The Balaban J connectivity index is 1.12. The van der Waals surface area contributed by atoms with Crippen molar-refractivity contribution in [3.8, 4) is 17.2 Å². The average Bonchev–Trinajstić information content (AvgIpc) is 3.38. The van der Waals surface area contributed by atoms with E-state index in [1.165, 1.54) is 6.07 Å². The van der Waals surface area contributed by atoms with Gasteiger partial charge in [-0.05, 0) is 85.5 Å². The van der Waals surface area contributed by atoms with Crippen molar-refractivity contribution in [1.82, 2.24) is 9.80 Å². The molecule has 5 rings (SSSR count). The number of carbonyl (C=O) groups is 1. The summed E-state index contributed by atoms with van der Waals surface area (Å²) in [7, 11) is -3.76. The number of rotatable bonds is 8. The molecule has 0 radical (unpaired) electrons. The predicted octanol–water partition coefficient (Wildman–Crippen LogP) is 3.86. The van der Waals surface area contributed by atoms with Crippen molar-refractivity contribution in [2.24, 2.45) is 0 Å². The molecule has 9 nitrogen and oxygen atoms in total. The van der Waals surface area contributed by atoms with Crippen molar-refractivity contribution in [2.75, 3.05) is 44.3 Å². The third kappa shape index (κ3) is 6.29. The Hall–Kier alpha value is -3.76. The van der Waals surface area contributed by atoms with Crippen LogP contribution in [0.15, 0.2) is 59.5 Å². The number of carbonyl (C=O) groups excluding carboxylic acids is 1. The van der Waals surface area contributed by atoms with Gasteiger partial charge in [-0.1, -0.05) is 12.1 Å². The first-order valence-electron chi connectivity index (χ1n) is 12.9. The average molecular weight is 552 g/mol. The number of fused-ring (bicyclic) bond motifs is 1. The van der Waals surface area contributed by atoms with Gasteiger partial charge in [-0.25, -0.2) is 8.42 Å². The number of benzene rings is 3. The van der Waals surface area contributed by atoms with Gasteiger partial charge in [0.05, 0.1) is 4.90 Å². The van der Waals surface area contributed by atoms with E-state index in [0.29, 0.717) is 30.1 Å². The van der Waals surface area contributed by atoms with E-state index in [-0.39, 0.29) is 24.2 Å². The van der Waals surface area contributed by atoms with Crippen LogP contribution in [-0.4, -0.2) is 63.7 Å². The maximum Gasteiger partial charge on any atom is 0.261 e. The largest absolute Gasteiger partial charge is 0.483 e. The van der Waals surface area contributed by atoms with E-state index in [2.05, 4.69) is 9.62 Å². The first-order chi connectivity index (χ1) is 18.7. The van der Waals surface area contributed by atoms with Gasteiger partial charge in [0.25, 0.3) is 15.9 Å². The van der Waals surface area contributed by atoms with Crippen molar-refractivity contribution in [3.63, 3.8) is 0 Å². The number of anilines is 1. The van der Waals surface area contributed by atoms with Gasteiger partial charge >= 0.3 is 0 Å². The minimum absolute atomic E-state index is 0.0924. The monoisotopic (exact) mass is 551 g/mol. The molecule has 2 heterocycles. The molecule has 39 heavy (non-hydrogen) atoms.